The van der Waals surface area contributed by atoms with Gasteiger partial charge in [0.05, 0.1) is 6.61 Å². The summed E-state index contributed by atoms with van der Waals surface area (Å²) in [6, 6.07) is 1.22. The second-order valence-corrected chi connectivity index (χ2v) is 3.61. The summed E-state index contributed by atoms with van der Waals surface area (Å²) in [5, 5.41) is 0. The van der Waals surface area contributed by atoms with E-state index >= 15 is 0 Å². The molecule has 0 bridgehead atoms. The molecule has 0 saturated carbocycles. The molecule has 1 aromatic rings. The molecule has 2 heterocycles. The molecule has 0 radical (unpaired) electrons. The maximum atomic E-state index is 11.5. The molecule has 0 amide bonds. The first-order valence-corrected chi connectivity index (χ1v) is 5.47. The minimum absolute atomic E-state index is 0.0833. The first-order chi connectivity index (χ1) is 8.61. The molecule has 96 valence electrons. The maximum Gasteiger partial charge on any atom is 0.373 e. The van der Waals surface area contributed by atoms with Gasteiger partial charge in [0.25, 0.3) is 5.56 Å². The lowest BCUT2D eigenvalue weighted by molar-refractivity contribution is -0.143. The smallest absolute Gasteiger partial charge is 0.373 e. The molecule has 0 aliphatic carbocycles. The van der Waals surface area contributed by atoms with E-state index in [1.165, 1.54) is 16.8 Å². The fraction of sp³-hybridized carbons (Fsp3) is 0.364. The van der Waals surface area contributed by atoms with Crippen LogP contribution in [-0.2, 0) is 14.3 Å². The Morgan fingerprint density at radius 2 is 2.39 bits per heavy atom. The number of nitrogens with one attached hydrogen (secondary N) is 1. The minimum atomic E-state index is -0.631. The standard InChI is InChI=1S/C11H12N2O5/c1-2-17-10(15)7-3-4-9(18-7)13-6-5-8(14)12-11(13)16/h3,5-6,9H,2,4H2,1H3,(H,12,14,16). The quantitative estimate of drug-likeness (QED) is 0.759. The van der Waals surface area contributed by atoms with Gasteiger partial charge in [0.1, 0.15) is 0 Å². The maximum absolute atomic E-state index is 11.5. The molecule has 1 aliphatic rings. The number of aromatic nitrogens is 2. The number of carbonyl (C=O) groups is 1. The highest BCUT2D eigenvalue weighted by atomic mass is 16.6. The highest BCUT2D eigenvalue weighted by molar-refractivity contribution is 5.86. The average molecular weight is 252 g/mol. The highest BCUT2D eigenvalue weighted by Crippen LogP contribution is 2.25. The van der Waals surface area contributed by atoms with Crippen LogP contribution in [0.4, 0.5) is 0 Å². The van der Waals surface area contributed by atoms with Crippen molar-refractivity contribution >= 4 is 5.97 Å². The molecule has 0 fully saturated rings. The topological polar surface area (TPSA) is 90.4 Å². The molecule has 7 heteroatoms. The van der Waals surface area contributed by atoms with Gasteiger partial charge in [-0.1, -0.05) is 0 Å². The normalized spacial score (nSPS) is 18.1. The van der Waals surface area contributed by atoms with Gasteiger partial charge in [-0.05, 0) is 13.0 Å². The third-order valence-electron chi connectivity index (χ3n) is 2.41. The molecule has 1 N–H and O–H groups in total. The third-order valence-corrected chi connectivity index (χ3v) is 2.41. The molecule has 7 nitrogen and oxygen atoms in total. The Morgan fingerprint density at radius 3 is 3.06 bits per heavy atom. The molecule has 1 unspecified atom stereocenters. The summed E-state index contributed by atoms with van der Waals surface area (Å²) in [6.45, 7) is 1.94. The van der Waals surface area contributed by atoms with Crippen molar-refractivity contribution in [3.8, 4) is 0 Å². The fourth-order valence-corrected chi connectivity index (χ4v) is 1.61. The predicted molar refractivity (Wildman–Crippen MR) is 60.8 cm³/mol. The Hall–Kier alpha value is -2.31. The molecule has 1 aromatic heterocycles. The van der Waals surface area contributed by atoms with Gasteiger partial charge >= 0.3 is 11.7 Å². The third kappa shape index (κ3) is 2.34. The number of rotatable bonds is 3. The summed E-state index contributed by atoms with van der Waals surface area (Å²) in [7, 11) is 0. The van der Waals surface area contributed by atoms with Crippen molar-refractivity contribution in [1.82, 2.24) is 9.55 Å². The predicted octanol–water partition coefficient (Wildman–Crippen LogP) is -0.0975. The van der Waals surface area contributed by atoms with E-state index in [0.717, 1.165) is 0 Å². The van der Waals surface area contributed by atoms with Crippen LogP contribution in [0.1, 0.15) is 19.6 Å². The van der Waals surface area contributed by atoms with E-state index in [0.29, 0.717) is 6.42 Å². The van der Waals surface area contributed by atoms with Gasteiger partial charge in [0, 0.05) is 18.7 Å². The van der Waals surface area contributed by atoms with Gasteiger partial charge in [0.15, 0.2) is 6.23 Å². The number of esters is 1. The van der Waals surface area contributed by atoms with Gasteiger partial charge in [-0.15, -0.1) is 0 Å². The lowest BCUT2D eigenvalue weighted by Crippen LogP contribution is -2.31. The molecule has 1 aliphatic heterocycles. The largest absolute Gasteiger partial charge is 0.462 e. The molecule has 2 rings (SSSR count). The molecular formula is C11H12N2O5. The van der Waals surface area contributed by atoms with Crippen LogP contribution in [0.3, 0.4) is 0 Å². The van der Waals surface area contributed by atoms with Crippen molar-refractivity contribution in [1.29, 1.82) is 0 Å². The van der Waals surface area contributed by atoms with Crippen LogP contribution in [0, 0.1) is 0 Å². The zero-order valence-corrected chi connectivity index (χ0v) is 9.71. The highest BCUT2D eigenvalue weighted by Gasteiger charge is 2.25. The fourth-order valence-electron chi connectivity index (χ4n) is 1.61. The van der Waals surface area contributed by atoms with Crippen LogP contribution in [-0.4, -0.2) is 22.1 Å². The van der Waals surface area contributed by atoms with Crippen molar-refractivity contribution in [2.45, 2.75) is 19.6 Å². The molecule has 0 aromatic carbocycles. The van der Waals surface area contributed by atoms with Gasteiger partial charge in [0.2, 0.25) is 5.76 Å². The number of hydrogen-bond acceptors (Lipinski definition) is 5. The summed E-state index contributed by atoms with van der Waals surface area (Å²) in [6.07, 6.45) is 2.61. The molecule has 18 heavy (non-hydrogen) atoms. The lowest BCUT2D eigenvalue weighted by atomic mass is 10.3. The zero-order chi connectivity index (χ0) is 13.1. The van der Waals surface area contributed by atoms with E-state index in [4.69, 9.17) is 9.47 Å². The van der Waals surface area contributed by atoms with Crippen LogP contribution in [0.15, 0.2) is 33.7 Å². The van der Waals surface area contributed by atoms with Crippen molar-refractivity contribution in [2.24, 2.45) is 0 Å². The summed E-state index contributed by atoms with van der Waals surface area (Å²) < 4.78 is 11.3. The van der Waals surface area contributed by atoms with E-state index < -0.39 is 23.4 Å². The van der Waals surface area contributed by atoms with Gasteiger partial charge in [-0.3, -0.25) is 14.3 Å². The lowest BCUT2D eigenvalue weighted by Gasteiger charge is -2.14. The van der Waals surface area contributed by atoms with E-state index in [1.54, 1.807) is 13.0 Å². The summed E-state index contributed by atoms with van der Waals surface area (Å²) in [5.41, 5.74) is -1.06. The Kier molecular flexibility index (Phi) is 3.31. The number of hydrogen-bond donors (Lipinski definition) is 1. The van der Waals surface area contributed by atoms with E-state index in [9.17, 15) is 14.4 Å². The van der Waals surface area contributed by atoms with Crippen LogP contribution in [0.2, 0.25) is 0 Å². The van der Waals surface area contributed by atoms with Crippen LogP contribution < -0.4 is 11.2 Å². The van der Waals surface area contributed by atoms with Crippen LogP contribution in [0.5, 0.6) is 0 Å². The summed E-state index contributed by atoms with van der Waals surface area (Å²) in [5.74, 6) is -0.475. The minimum Gasteiger partial charge on any atom is -0.462 e. The average Bonchev–Trinajstić information content (AvgIpc) is 2.78. The SMILES string of the molecule is CCOC(=O)C1=CCC(n2ccc(=O)[nH]c2=O)O1. The first-order valence-electron chi connectivity index (χ1n) is 5.47. The number of nitrogens with zero attached hydrogens (tertiary/aromatic N) is 1. The van der Waals surface area contributed by atoms with E-state index in [-0.39, 0.29) is 12.4 Å². The van der Waals surface area contributed by atoms with E-state index in [1.807, 2.05) is 0 Å². The van der Waals surface area contributed by atoms with Crippen molar-refractivity contribution in [3.63, 3.8) is 0 Å². The van der Waals surface area contributed by atoms with Crippen LogP contribution >= 0.6 is 0 Å². The summed E-state index contributed by atoms with van der Waals surface area (Å²) >= 11 is 0. The Bertz CT molecular complexity index is 598. The van der Waals surface area contributed by atoms with Crippen molar-refractivity contribution < 1.29 is 14.3 Å². The number of H-pyrrole nitrogens is 1. The van der Waals surface area contributed by atoms with Gasteiger partial charge in [-0.25, -0.2) is 9.59 Å². The summed E-state index contributed by atoms with van der Waals surface area (Å²) in [4.78, 5) is 36.0. The molecular weight excluding hydrogens is 240 g/mol. The Labute approximate surface area is 102 Å². The zero-order valence-electron chi connectivity index (χ0n) is 9.71. The molecule has 0 spiro atoms. The van der Waals surface area contributed by atoms with Gasteiger partial charge in [-0.2, -0.15) is 0 Å². The molecule has 1 atom stereocenters. The second kappa shape index (κ2) is 4.91. The Morgan fingerprint density at radius 1 is 1.61 bits per heavy atom. The Balaban J connectivity index is 2.14. The monoisotopic (exact) mass is 252 g/mol. The number of ether oxygens (including phenoxy) is 2. The van der Waals surface area contributed by atoms with Crippen LogP contribution in [0.25, 0.3) is 0 Å². The van der Waals surface area contributed by atoms with E-state index in [2.05, 4.69) is 4.98 Å². The van der Waals surface area contributed by atoms with Crippen molar-refractivity contribution in [2.75, 3.05) is 6.61 Å². The first kappa shape index (κ1) is 12.2. The van der Waals surface area contributed by atoms with Gasteiger partial charge < -0.3 is 9.47 Å². The van der Waals surface area contributed by atoms with Crippen molar-refractivity contribution in [3.05, 3.63) is 44.9 Å². The molecule has 0 saturated heterocycles. The number of aromatic amines is 1. The second-order valence-electron chi connectivity index (χ2n) is 3.61. The number of carbonyl (C=O) groups excluding carboxylic acids is 1.